The zero-order chi connectivity index (χ0) is 15.4. The van der Waals surface area contributed by atoms with Gasteiger partial charge >= 0.3 is 5.97 Å². The smallest absolute Gasteiger partial charge is 0.326 e. The molecule has 0 aromatic carbocycles. The van der Waals surface area contributed by atoms with E-state index in [0.29, 0.717) is 11.3 Å². The first-order chi connectivity index (χ1) is 9.97. The van der Waals surface area contributed by atoms with Crippen molar-refractivity contribution in [1.29, 1.82) is 0 Å². The number of carboxylic acids is 1. The number of amides is 1. The fraction of sp³-hybridized carbons (Fsp3) is 0.643. The van der Waals surface area contributed by atoms with Gasteiger partial charge in [0.15, 0.2) is 0 Å². The summed E-state index contributed by atoms with van der Waals surface area (Å²) in [7, 11) is 0. The van der Waals surface area contributed by atoms with E-state index in [1.807, 2.05) is 13.8 Å². The maximum atomic E-state index is 12.1. The lowest BCUT2D eigenvalue weighted by molar-refractivity contribution is -0.139. The number of aromatic nitrogens is 1. The van der Waals surface area contributed by atoms with Gasteiger partial charge in [0.2, 0.25) is 0 Å². The molecule has 1 fully saturated rings. The van der Waals surface area contributed by atoms with Crippen LogP contribution in [0.1, 0.15) is 53.9 Å². The molecular weight excluding hydrogens is 292 g/mol. The molecule has 2 rings (SSSR count). The van der Waals surface area contributed by atoms with Gasteiger partial charge in [0.05, 0.1) is 6.20 Å². The number of thiazole rings is 1. The minimum absolute atomic E-state index is 0.0255. The minimum Gasteiger partial charge on any atom is -0.480 e. The van der Waals surface area contributed by atoms with E-state index >= 15 is 0 Å². The van der Waals surface area contributed by atoms with Gasteiger partial charge in [0.25, 0.3) is 5.91 Å². The summed E-state index contributed by atoms with van der Waals surface area (Å²) in [5, 5.41) is 12.5. The summed E-state index contributed by atoms with van der Waals surface area (Å²) in [4.78, 5) is 27.9. The van der Waals surface area contributed by atoms with Gasteiger partial charge in [-0.05, 0) is 25.2 Å². The topological polar surface area (TPSA) is 88.5 Å². The predicted molar refractivity (Wildman–Crippen MR) is 78.4 cm³/mol. The number of carboxylic acid groups (broad SMARTS) is 1. The molecule has 2 unspecified atom stereocenters. The molecule has 1 aromatic rings. The van der Waals surface area contributed by atoms with Crippen LogP contribution in [-0.4, -0.2) is 34.6 Å². The highest BCUT2D eigenvalue weighted by molar-refractivity contribution is 7.13. The number of nitrogens with zero attached hydrogens (tertiary/aromatic N) is 1. The van der Waals surface area contributed by atoms with E-state index in [-0.39, 0.29) is 17.9 Å². The number of aliphatic carboxylic acids is 1. The van der Waals surface area contributed by atoms with Crippen LogP contribution in [0.2, 0.25) is 0 Å². The molecule has 2 N–H and O–H groups in total. The number of carbonyl (C=O) groups excluding carboxylic acids is 1. The Morgan fingerprint density at radius 1 is 1.57 bits per heavy atom. The first-order valence-corrected chi connectivity index (χ1v) is 7.90. The van der Waals surface area contributed by atoms with Gasteiger partial charge in [-0.25, -0.2) is 9.78 Å². The number of hydrogen-bond donors (Lipinski definition) is 2. The summed E-state index contributed by atoms with van der Waals surface area (Å²) in [5.74, 6) is -1.21. The Kier molecular flexibility index (Phi) is 5.30. The highest BCUT2D eigenvalue weighted by atomic mass is 32.1. The Morgan fingerprint density at radius 2 is 2.33 bits per heavy atom. The molecule has 1 amide bonds. The quantitative estimate of drug-likeness (QED) is 0.841. The zero-order valence-corrected chi connectivity index (χ0v) is 13.0. The van der Waals surface area contributed by atoms with E-state index in [0.717, 1.165) is 24.5 Å². The van der Waals surface area contributed by atoms with Crippen molar-refractivity contribution < 1.29 is 19.4 Å². The van der Waals surface area contributed by atoms with Gasteiger partial charge in [-0.1, -0.05) is 13.8 Å². The van der Waals surface area contributed by atoms with Gasteiger partial charge in [0.1, 0.15) is 22.0 Å². The standard InChI is InChI=1S/C14H20N2O4S/c1-8(2)6-9(14(18)19)16-12(17)11-7-15-13(21-11)10-4-3-5-20-10/h7-10H,3-6H2,1-2H3,(H,16,17)(H,18,19). The first kappa shape index (κ1) is 15.9. The third-order valence-electron chi connectivity index (χ3n) is 3.26. The molecule has 1 aliphatic rings. The summed E-state index contributed by atoms with van der Waals surface area (Å²) in [6.45, 7) is 4.57. The van der Waals surface area contributed by atoms with Gasteiger partial charge in [-0.15, -0.1) is 11.3 Å². The van der Waals surface area contributed by atoms with E-state index in [1.165, 1.54) is 17.5 Å². The summed E-state index contributed by atoms with van der Waals surface area (Å²) >= 11 is 1.27. The molecule has 1 saturated heterocycles. The largest absolute Gasteiger partial charge is 0.480 e. The second-order valence-electron chi connectivity index (χ2n) is 5.56. The Bertz CT molecular complexity index is 509. The Morgan fingerprint density at radius 3 is 2.90 bits per heavy atom. The van der Waals surface area contributed by atoms with Crippen LogP contribution in [0, 0.1) is 5.92 Å². The summed E-state index contributed by atoms with van der Waals surface area (Å²) in [6, 6.07) is -0.870. The maximum Gasteiger partial charge on any atom is 0.326 e. The van der Waals surface area contributed by atoms with Crippen molar-refractivity contribution in [3.8, 4) is 0 Å². The third kappa shape index (κ3) is 4.25. The first-order valence-electron chi connectivity index (χ1n) is 7.08. The number of hydrogen-bond acceptors (Lipinski definition) is 5. The molecular formula is C14H20N2O4S. The molecule has 1 aromatic heterocycles. The average molecular weight is 312 g/mol. The molecule has 0 bridgehead atoms. The normalized spacial score (nSPS) is 19.7. The van der Waals surface area contributed by atoms with Gasteiger partial charge in [0, 0.05) is 6.61 Å². The van der Waals surface area contributed by atoms with Crippen LogP contribution in [0.25, 0.3) is 0 Å². The van der Waals surface area contributed by atoms with Gasteiger partial charge in [-0.2, -0.15) is 0 Å². The van der Waals surface area contributed by atoms with Crippen LogP contribution < -0.4 is 5.32 Å². The van der Waals surface area contributed by atoms with Crippen molar-refractivity contribution >= 4 is 23.2 Å². The van der Waals surface area contributed by atoms with Gasteiger partial charge < -0.3 is 15.2 Å². The van der Waals surface area contributed by atoms with Crippen LogP contribution in [0.15, 0.2) is 6.20 Å². The second-order valence-corrected chi connectivity index (χ2v) is 6.62. The number of carbonyl (C=O) groups is 2. The molecule has 0 aliphatic carbocycles. The predicted octanol–water partition coefficient (Wildman–Crippen LogP) is 2.22. The Labute approximate surface area is 127 Å². The number of nitrogens with one attached hydrogen (secondary N) is 1. The summed E-state index contributed by atoms with van der Waals surface area (Å²) < 4.78 is 5.53. The van der Waals surface area contributed by atoms with Crippen LogP contribution >= 0.6 is 11.3 Å². The van der Waals surface area contributed by atoms with Crippen molar-refractivity contribution in [2.45, 2.75) is 45.3 Å². The lowest BCUT2D eigenvalue weighted by Crippen LogP contribution is -2.41. The monoisotopic (exact) mass is 312 g/mol. The Balaban J connectivity index is 2.00. The lowest BCUT2D eigenvalue weighted by atomic mass is 10.0. The molecule has 7 heteroatoms. The number of ether oxygens (including phenoxy) is 1. The summed E-state index contributed by atoms with van der Waals surface area (Å²) in [6.07, 6.45) is 3.78. The van der Waals surface area contributed by atoms with Crippen LogP contribution in [0.3, 0.4) is 0 Å². The molecule has 0 radical (unpaired) electrons. The van der Waals surface area contributed by atoms with E-state index in [9.17, 15) is 9.59 Å². The van der Waals surface area contributed by atoms with Crippen LogP contribution in [-0.2, 0) is 9.53 Å². The van der Waals surface area contributed by atoms with Gasteiger partial charge in [-0.3, -0.25) is 4.79 Å². The van der Waals surface area contributed by atoms with E-state index in [2.05, 4.69) is 10.3 Å². The summed E-state index contributed by atoms with van der Waals surface area (Å²) in [5.41, 5.74) is 0. The molecule has 0 saturated carbocycles. The van der Waals surface area contributed by atoms with Crippen molar-refractivity contribution in [3.05, 3.63) is 16.1 Å². The van der Waals surface area contributed by atoms with E-state index in [1.54, 1.807) is 0 Å². The fourth-order valence-corrected chi connectivity index (χ4v) is 3.14. The zero-order valence-electron chi connectivity index (χ0n) is 12.2. The molecule has 2 atom stereocenters. The second kappa shape index (κ2) is 7.00. The van der Waals surface area contributed by atoms with E-state index < -0.39 is 12.0 Å². The highest BCUT2D eigenvalue weighted by Gasteiger charge is 2.25. The number of rotatable bonds is 6. The lowest BCUT2D eigenvalue weighted by Gasteiger charge is -2.15. The SMILES string of the molecule is CC(C)CC(NC(=O)c1cnc(C2CCCO2)s1)C(=O)O. The van der Waals surface area contributed by atoms with Crippen molar-refractivity contribution in [2.24, 2.45) is 5.92 Å². The van der Waals surface area contributed by atoms with E-state index in [4.69, 9.17) is 9.84 Å². The van der Waals surface area contributed by atoms with Crippen molar-refractivity contribution in [1.82, 2.24) is 10.3 Å². The highest BCUT2D eigenvalue weighted by Crippen LogP contribution is 2.31. The molecule has 0 spiro atoms. The molecule has 2 heterocycles. The fourth-order valence-electron chi connectivity index (χ4n) is 2.24. The molecule has 21 heavy (non-hydrogen) atoms. The molecule has 6 nitrogen and oxygen atoms in total. The average Bonchev–Trinajstić information content (AvgIpc) is 3.08. The third-order valence-corrected chi connectivity index (χ3v) is 4.35. The van der Waals surface area contributed by atoms with Crippen molar-refractivity contribution in [2.75, 3.05) is 6.61 Å². The Hall–Kier alpha value is -1.47. The molecule has 116 valence electrons. The van der Waals surface area contributed by atoms with Crippen LogP contribution in [0.4, 0.5) is 0 Å². The maximum absolute atomic E-state index is 12.1. The molecule has 1 aliphatic heterocycles. The van der Waals surface area contributed by atoms with Crippen molar-refractivity contribution in [3.63, 3.8) is 0 Å². The van der Waals surface area contributed by atoms with Crippen LogP contribution in [0.5, 0.6) is 0 Å². The minimum atomic E-state index is -1.01.